The van der Waals surface area contributed by atoms with Gasteiger partial charge in [-0.2, -0.15) is 5.10 Å². The molecule has 2 aliphatic heterocycles. The van der Waals surface area contributed by atoms with Gasteiger partial charge in [0.1, 0.15) is 17.3 Å². The number of carbonyl (C=O) groups is 2. The highest BCUT2D eigenvalue weighted by molar-refractivity contribution is 7.91. The van der Waals surface area contributed by atoms with Gasteiger partial charge in [-0.25, -0.2) is 22.2 Å². The fourth-order valence-corrected chi connectivity index (χ4v) is 4.47. The van der Waals surface area contributed by atoms with Crippen molar-refractivity contribution in [3.63, 3.8) is 0 Å². The van der Waals surface area contributed by atoms with Crippen molar-refractivity contribution >= 4 is 33.1 Å². The van der Waals surface area contributed by atoms with E-state index >= 15 is 0 Å². The molecule has 0 bridgehead atoms. The van der Waals surface area contributed by atoms with E-state index in [2.05, 4.69) is 10.4 Å². The zero-order chi connectivity index (χ0) is 18.2. The number of nitrogens with one attached hydrogen (secondary N) is 1. The summed E-state index contributed by atoms with van der Waals surface area (Å²) >= 11 is 0. The molecule has 0 radical (unpaired) electrons. The average molecular weight is 371 g/mol. The second kappa shape index (κ2) is 6.51. The Kier molecular flexibility index (Phi) is 4.55. The summed E-state index contributed by atoms with van der Waals surface area (Å²) in [5, 5.41) is 7.31. The fraction of sp³-hybridized carbons (Fsp3) is 0.400. The van der Waals surface area contributed by atoms with Crippen molar-refractivity contribution in [1.29, 1.82) is 0 Å². The molecule has 1 N–H and O–H groups in total. The molecule has 134 valence electrons. The molecule has 2 amide bonds. The summed E-state index contributed by atoms with van der Waals surface area (Å²) in [4.78, 5) is 24.2. The number of benzene rings is 1. The van der Waals surface area contributed by atoms with Gasteiger partial charge >= 0.3 is 0 Å². The van der Waals surface area contributed by atoms with Crippen molar-refractivity contribution in [2.24, 2.45) is 5.10 Å². The van der Waals surface area contributed by atoms with Crippen molar-refractivity contribution in [2.45, 2.75) is 25.3 Å². The van der Waals surface area contributed by atoms with Crippen LogP contribution in [-0.2, 0) is 19.4 Å². The second-order valence-electron chi connectivity index (χ2n) is 5.92. The van der Waals surface area contributed by atoms with Gasteiger partial charge in [-0.3, -0.25) is 9.59 Å². The Morgan fingerprint density at radius 1 is 1.28 bits per heavy atom. The molecular weight excluding hydrogens is 356 g/mol. The van der Waals surface area contributed by atoms with E-state index in [1.807, 2.05) is 0 Å². The van der Waals surface area contributed by atoms with Gasteiger partial charge in [0.05, 0.1) is 23.2 Å². The summed E-state index contributed by atoms with van der Waals surface area (Å²) in [5.74, 6) is -3.00. The minimum Gasteiger partial charge on any atom is -0.318 e. The van der Waals surface area contributed by atoms with E-state index in [0.717, 1.165) is 17.1 Å². The number of amides is 2. The van der Waals surface area contributed by atoms with Crippen molar-refractivity contribution < 1.29 is 26.8 Å². The van der Waals surface area contributed by atoms with Gasteiger partial charge < -0.3 is 5.32 Å². The third kappa shape index (κ3) is 3.84. The molecule has 25 heavy (non-hydrogen) atoms. The van der Waals surface area contributed by atoms with Crippen LogP contribution in [0.3, 0.4) is 0 Å². The Bertz CT molecular complexity index is 870. The minimum absolute atomic E-state index is 0.00683. The Balaban J connectivity index is 1.77. The van der Waals surface area contributed by atoms with Crippen LogP contribution in [0.1, 0.15) is 19.3 Å². The molecule has 0 spiro atoms. The standard InChI is InChI=1S/C15H15F2N3O4S/c16-9-1-2-12(11(17)7-9)18-15(22)13-3-4-14(21)20(19-13)10-5-6-25(23,24)8-10/h1-2,7,10H,3-6,8H2,(H,18,22)/t10-/m0/s1. The number of sulfone groups is 1. The van der Waals surface area contributed by atoms with E-state index in [9.17, 15) is 26.8 Å². The Hall–Kier alpha value is -2.36. The number of hydrogen-bond acceptors (Lipinski definition) is 5. The first-order valence-corrected chi connectivity index (χ1v) is 9.44. The largest absolute Gasteiger partial charge is 0.318 e. The van der Waals surface area contributed by atoms with Gasteiger partial charge in [0, 0.05) is 18.9 Å². The molecule has 3 rings (SSSR count). The molecule has 0 aromatic heterocycles. The minimum atomic E-state index is -3.21. The third-order valence-electron chi connectivity index (χ3n) is 4.06. The lowest BCUT2D eigenvalue weighted by molar-refractivity contribution is -0.133. The van der Waals surface area contributed by atoms with Crippen molar-refractivity contribution in [1.82, 2.24) is 5.01 Å². The lowest BCUT2D eigenvalue weighted by atomic mass is 10.1. The number of rotatable bonds is 3. The predicted octanol–water partition coefficient (Wildman–Crippen LogP) is 1.07. The van der Waals surface area contributed by atoms with Crippen LogP contribution in [-0.4, -0.2) is 48.5 Å². The van der Waals surface area contributed by atoms with E-state index in [-0.39, 0.29) is 48.1 Å². The number of nitrogens with zero attached hydrogens (tertiary/aromatic N) is 2. The summed E-state index contributed by atoms with van der Waals surface area (Å²) in [6.07, 6.45) is 0.331. The first-order chi connectivity index (χ1) is 11.7. The molecule has 0 aliphatic carbocycles. The van der Waals surface area contributed by atoms with Crippen molar-refractivity contribution in [2.75, 3.05) is 16.8 Å². The maximum absolute atomic E-state index is 13.6. The number of halogens is 2. The van der Waals surface area contributed by atoms with E-state index in [4.69, 9.17) is 0 Å². The van der Waals surface area contributed by atoms with Crippen LogP contribution >= 0.6 is 0 Å². The third-order valence-corrected chi connectivity index (χ3v) is 5.81. The summed E-state index contributed by atoms with van der Waals surface area (Å²) in [7, 11) is -3.21. The molecule has 1 saturated heterocycles. The first-order valence-electron chi connectivity index (χ1n) is 7.61. The maximum Gasteiger partial charge on any atom is 0.271 e. The molecular formula is C15H15F2N3O4S. The van der Waals surface area contributed by atoms with Crippen LogP contribution in [0.25, 0.3) is 0 Å². The predicted molar refractivity (Wildman–Crippen MR) is 85.6 cm³/mol. The topological polar surface area (TPSA) is 95.9 Å². The van der Waals surface area contributed by atoms with Gasteiger partial charge in [-0.15, -0.1) is 0 Å². The molecule has 0 saturated carbocycles. The fourth-order valence-electron chi connectivity index (χ4n) is 2.77. The summed E-state index contributed by atoms with van der Waals surface area (Å²) in [5.41, 5.74) is -0.214. The average Bonchev–Trinajstić information content (AvgIpc) is 2.90. The normalized spacial score (nSPS) is 22.6. The Morgan fingerprint density at radius 3 is 2.68 bits per heavy atom. The molecule has 1 aromatic rings. The quantitative estimate of drug-likeness (QED) is 0.860. The number of anilines is 1. The van der Waals surface area contributed by atoms with Gasteiger partial charge in [-0.05, 0) is 18.6 Å². The van der Waals surface area contributed by atoms with Gasteiger partial charge in [0.15, 0.2) is 9.84 Å². The molecule has 7 nitrogen and oxygen atoms in total. The molecule has 2 aliphatic rings. The Labute approximate surface area is 142 Å². The summed E-state index contributed by atoms with van der Waals surface area (Å²) in [6, 6.07) is 2.12. The molecule has 1 atom stereocenters. The van der Waals surface area contributed by atoms with E-state index < -0.39 is 33.4 Å². The smallest absolute Gasteiger partial charge is 0.271 e. The highest BCUT2D eigenvalue weighted by Crippen LogP contribution is 2.23. The summed E-state index contributed by atoms with van der Waals surface area (Å²) < 4.78 is 49.7. The molecule has 0 unspecified atom stereocenters. The number of hydrogen-bond donors (Lipinski definition) is 1. The van der Waals surface area contributed by atoms with Crippen molar-refractivity contribution in [3.05, 3.63) is 29.8 Å². The highest BCUT2D eigenvalue weighted by Gasteiger charge is 2.37. The molecule has 10 heteroatoms. The molecule has 2 heterocycles. The first kappa shape index (κ1) is 17.5. The summed E-state index contributed by atoms with van der Waals surface area (Å²) in [6.45, 7) is 0. The van der Waals surface area contributed by atoms with Gasteiger partial charge in [0.25, 0.3) is 5.91 Å². The van der Waals surface area contributed by atoms with Crippen LogP contribution in [0.2, 0.25) is 0 Å². The second-order valence-corrected chi connectivity index (χ2v) is 8.15. The number of carbonyl (C=O) groups excluding carboxylic acids is 2. The van der Waals surface area contributed by atoms with E-state index in [1.54, 1.807) is 0 Å². The van der Waals surface area contributed by atoms with Crippen molar-refractivity contribution in [3.8, 4) is 0 Å². The van der Waals surface area contributed by atoms with Crippen LogP contribution in [0.15, 0.2) is 23.3 Å². The highest BCUT2D eigenvalue weighted by atomic mass is 32.2. The zero-order valence-electron chi connectivity index (χ0n) is 13.0. The Morgan fingerprint density at radius 2 is 2.04 bits per heavy atom. The maximum atomic E-state index is 13.6. The van der Waals surface area contributed by atoms with Gasteiger partial charge in [0.2, 0.25) is 5.91 Å². The molecule has 1 fully saturated rings. The van der Waals surface area contributed by atoms with Crippen LogP contribution in [0, 0.1) is 11.6 Å². The lowest BCUT2D eigenvalue weighted by Crippen LogP contribution is -2.42. The van der Waals surface area contributed by atoms with Gasteiger partial charge in [-0.1, -0.05) is 0 Å². The molecule has 1 aromatic carbocycles. The SMILES string of the molecule is O=C(Nc1ccc(F)cc1F)C1=NN([C@H]2CCS(=O)(=O)C2)C(=O)CC1. The lowest BCUT2D eigenvalue weighted by Gasteiger charge is -2.27. The van der Waals surface area contributed by atoms with Crippen LogP contribution in [0.5, 0.6) is 0 Å². The number of hydrazone groups is 1. The van der Waals surface area contributed by atoms with E-state index in [1.165, 1.54) is 0 Å². The zero-order valence-corrected chi connectivity index (χ0v) is 13.9. The van der Waals surface area contributed by atoms with Crippen LogP contribution in [0.4, 0.5) is 14.5 Å². The van der Waals surface area contributed by atoms with Crippen LogP contribution < -0.4 is 5.32 Å². The van der Waals surface area contributed by atoms with E-state index in [0.29, 0.717) is 6.07 Å². The monoisotopic (exact) mass is 371 g/mol.